The minimum Gasteiger partial charge on any atom is -0.465 e. The van der Waals surface area contributed by atoms with E-state index in [-0.39, 0.29) is 10.6 Å². The van der Waals surface area contributed by atoms with Crippen LogP contribution in [0.1, 0.15) is 50.9 Å². The van der Waals surface area contributed by atoms with Crippen molar-refractivity contribution in [2.45, 2.75) is 44.4 Å². The Morgan fingerprint density at radius 2 is 1.79 bits per heavy atom. The molecule has 1 aromatic carbocycles. The number of thiophene rings is 1. The summed E-state index contributed by atoms with van der Waals surface area (Å²) in [5.41, 5.74) is -4.12. The lowest BCUT2D eigenvalue weighted by Gasteiger charge is -2.35. The van der Waals surface area contributed by atoms with Crippen LogP contribution < -0.4 is 10.6 Å². The molecule has 1 aromatic heterocycles. The van der Waals surface area contributed by atoms with E-state index >= 15 is 0 Å². The molecule has 1 atom stereocenters. The van der Waals surface area contributed by atoms with Crippen LogP contribution in [0, 0.1) is 5.82 Å². The summed E-state index contributed by atoms with van der Waals surface area (Å²) in [6.45, 7) is 0.861. The molecule has 0 saturated heterocycles. The lowest BCUT2D eigenvalue weighted by atomic mass is 9.95. The Bertz CT molecular complexity index is 1100. The molecule has 2 aromatic rings. The van der Waals surface area contributed by atoms with Crippen molar-refractivity contribution in [3.8, 4) is 0 Å². The summed E-state index contributed by atoms with van der Waals surface area (Å²) in [7, 11) is 1.08. The Hall–Kier alpha value is -3.15. The Morgan fingerprint density at radius 3 is 2.41 bits per heavy atom. The van der Waals surface area contributed by atoms with Crippen LogP contribution in [0.3, 0.4) is 0 Å². The first-order valence-corrected chi connectivity index (χ1v) is 11.2. The molecule has 7 nitrogen and oxygen atoms in total. The molecule has 0 bridgehead atoms. The van der Waals surface area contributed by atoms with E-state index in [0.717, 1.165) is 43.4 Å². The molecule has 3 rings (SSSR count). The molecule has 1 aliphatic rings. The van der Waals surface area contributed by atoms with Crippen LogP contribution >= 0.6 is 11.3 Å². The molecule has 34 heavy (non-hydrogen) atoms. The molecule has 0 unspecified atom stereocenters. The predicted molar refractivity (Wildman–Crippen MR) is 115 cm³/mol. The minimum atomic E-state index is -5.45. The normalized spacial score (nSPS) is 15.0. The van der Waals surface area contributed by atoms with Crippen LogP contribution in [0.2, 0.25) is 0 Å². The fourth-order valence-corrected chi connectivity index (χ4v) is 4.99. The van der Waals surface area contributed by atoms with Gasteiger partial charge in [-0.2, -0.15) is 13.2 Å². The van der Waals surface area contributed by atoms with Gasteiger partial charge < -0.3 is 20.1 Å². The summed E-state index contributed by atoms with van der Waals surface area (Å²) < 4.78 is 67.1. The van der Waals surface area contributed by atoms with Crippen LogP contribution in [-0.4, -0.2) is 43.4 Å². The third-order valence-corrected chi connectivity index (χ3v) is 6.50. The van der Waals surface area contributed by atoms with Crippen molar-refractivity contribution >= 4 is 34.2 Å². The van der Waals surface area contributed by atoms with Crippen LogP contribution in [0.15, 0.2) is 24.3 Å². The third-order valence-electron chi connectivity index (χ3n) is 5.29. The quantitative estimate of drug-likeness (QED) is 0.335. The van der Waals surface area contributed by atoms with Gasteiger partial charge in [0.25, 0.3) is 5.91 Å². The zero-order valence-corrected chi connectivity index (χ0v) is 19.1. The number of hydrogen-bond acceptors (Lipinski definition) is 7. The number of aryl methyl sites for hydroxylation is 1. The Morgan fingerprint density at radius 1 is 1.12 bits per heavy atom. The molecule has 0 radical (unpaired) electrons. The van der Waals surface area contributed by atoms with Gasteiger partial charge in [0.05, 0.1) is 24.8 Å². The fraction of sp³-hybridized carbons (Fsp3) is 0.409. The van der Waals surface area contributed by atoms with Crippen molar-refractivity contribution in [2.75, 3.05) is 19.0 Å². The zero-order valence-electron chi connectivity index (χ0n) is 18.3. The van der Waals surface area contributed by atoms with E-state index in [0.29, 0.717) is 23.3 Å². The zero-order chi connectivity index (χ0) is 25.1. The second kappa shape index (κ2) is 10.00. The van der Waals surface area contributed by atoms with E-state index < -0.39 is 47.7 Å². The number of carbonyl (C=O) groups excluding carboxylic acids is 3. The highest BCUT2D eigenvalue weighted by atomic mass is 32.1. The maximum Gasteiger partial charge on any atom is 0.441 e. The van der Waals surface area contributed by atoms with Gasteiger partial charge in [0.2, 0.25) is 0 Å². The highest BCUT2D eigenvalue weighted by molar-refractivity contribution is 7.16. The van der Waals surface area contributed by atoms with Crippen molar-refractivity contribution in [2.24, 2.45) is 0 Å². The molecule has 1 heterocycles. The summed E-state index contributed by atoms with van der Waals surface area (Å²) in [5, 5.41) is 3.32. The standard InChI is InChI=1S/C22H22F4N2O5S/c1-3-33-20(31)21(22(24,25)26,27-17(29)12-8-4-6-10-14(12)23)28-18-16(19(30)32-2)13-9-5-7-11-15(13)34-18/h4,6,8,10,28H,3,5,7,9,11H2,1-2H3,(H,27,29)/t21-/m0/s1. The van der Waals surface area contributed by atoms with Crippen LogP contribution in [-0.2, 0) is 27.1 Å². The number of benzene rings is 1. The summed E-state index contributed by atoms with van der Waals surface area (Å²) in [4.78, 5) is 38.6. The summed E-state index contributed by atoms with van der Waals surface area (Å²) in [5.74, 6) is -5.34. The molecule has 0 aliphatic heterocycles. The molecular formula is C22H22F4N2O5S. The minimum absolute atomic E-state index is 0.139. The number of fused-ring (bicyclic) bond motifs is 1. The molecule has 2 N–H and O–H groups in total. The molecule has 12 heteroatoms. The van der Waals surface area contributed by atoms with Crippen molar-refractivity contribution < 1.29 is 41.4 Å². The number of alkyl halides is 3. The van der Waals surface area contributed by atoms with Gasteiger partial charge in [-0.05, 0) is 50.3 Å². The molecule has 0 fully saturated rings. The van der Waals surface area contributed by atoms with E-state index in [1.807, 2.05) is 5.32 Å². The topological polar surface area (TPSA) is 93.7 Å². The van der Waals surface area contributed by atoms with Crippen molar-refractivity contribution in [3.63, 3.8) is 0 Å². The number of ether oxygens (including phenoxy) is 2. The SMILES string of the molecule is CCOC(=O)[C@](NC(=O)c1ccccc1F)(Nc1sc2c(c1C(=O)OC)CCCC2)C(F)(F)F. The summed E-state index contributed by atoms with van der Waals surface area (Å²) >= 11 is 0.865. The number of hydrogen-bond donors (Lipinski definition) is 2. The first kappa shape index (κ1) is 25.5. The lowest BCUT2D eigenvalue weighted by molar-refractivity contribution is -0.204. The second-order valence-corrected chi connectivity index (χ2v) is 8.54. The first-order chi connectivity index (χ1) is 16.1. The van der Waals surface area contributed by atoms with Crippen LogP contribution in [0.4, 0.5) is 22.6 Å². The van der Waals surface area contributed by atoms with Gasteiger partial charge in [-0.1, -0.05) is 12.1 Å². The average molecular weight is 502 g/mol. The maximum atomic E-state index is 14.5. The molecule has 1 amide bonds. The van der Waals surface area contributed by atoms with E-state index in [2.05, 4.69) is 4.74 Å². The van der Waals surface area contributed by atoms with Gasteiger partial charge in [-0.25, -0.2) is 14.0 Å². The van der Waals surface area contributed by atoms with E-state index in [1.54, 1.807) is 5.32 Å². The van der Waals surface area contributed by atoms with Crippen molar-refractivity contribution in [1.29, 1.82) is 0 Å². The maximum absolute atomic E-state index is 14.5. The number of amides is 1. The number of anilines is 1. The van der Waals surface area contributed by atoms with E-state index in [9.17, 15) is 31.9 Å². The lowest BCUT2D eigenvalue weighted by Crippen LogP contribution is -2.69. The third kappa shape index (κ3) is 4.72. The molecule has 184 valence electrons. The molecule has 0 saturated carbocycles. The molecular weight excluding hydrogens is 480 g/mol. The summed E-state index contributed by atoms with van der Waals surface area (Å²) in [6, 6.07) is 4.38. The number of rotatable bonds is 7. The van der Waals surface area contributed by atoms with Gasteiger partial charge in [-0.15, -0.1) is 11.3 Å². The monoisotopic (exact) mass is 502 g/mol. The number of carbonyl (C=O) groups is 3. The summed E-state index contributed by atoms with van der Waals surface area (Å²) in [6.07, 6.45) is -2.97. The highest BCUT2D eigenvalue weighted by Crippen LogP contribution is 2.42. The van der Waals surface area contributed by atoms with E-state index in [1.165, 1.54) is 19.1 Å². The average Bonchev–Trinajstić information content (AvgIpc) is 3.15. The molecule has 1 aliphatic carbocycles. The Kier molecular flexibility index (Phi) is 7.49. The first-order valence-electron chi connectivity index (χ1n) is 10.4. The van der Waals surface area contributed by atoms with Crippen molar-refractivity contribution in [1.82, 2.24) is 5.32 Å². The number of methoxy groups -OCH3 is 1. The highest BCUT2D eigenvalue weighted by Gasteiger charge is 2.64. The molecule has 0 spiro atoms. The Labute approximate surface area is 196 Å². The number of esters is 2. The van der Waals surface area contributed by atoms with Gasteiger partial charge in [0.1, 0.15) is 10.8 Å². The predicted octanol–water partition coefficient (Wildman–Crippen LogP) is 4.22. The van der Waals surface area contributed by atoms with Crippen LogP contribution in [0.25, 0.3) is 0 Å². The largest absolute Gasteiger partial charge is 0.465 e. The van der Waals surface area contributed by atoms with Gasteiger partial charge >= 0.3 is 23.8 Å². The van der Waals surface area contributed by atoms with Crippen LogP contribution in [0.5, 0.6) is 0 Å². The Balaban J connectivity index is 2.16. The van der Waals surface area contributed by atoms with Gasteiger partial charge in [0.15, 0.2) is 0 Å². The number of nitrogens with one attached hydrogen (secondary N) is 2. The smallest absolute Gasteiger partial charge is 0.441 e. The van der Waals surface area contributed by atoms with Crippen molar-refractivity contribution in [3.05, 3.63) is 51.7 Å². The van der Waals surface area contributed by atoms with E-state index in [4.69, 9.17) is 4.74 Å². The van der Waals surface area contributed by atoms with Gasteiger partial charge in [-0.3, -0.25) is 4.79 Å². The fourth-order valence-electron chi connectivity index (χ4n) is 3.66. The van der Waals surface area contributed by atoms with Gasteiger partial charge in [0, 0.05) is 4.88 Å². The number of halogens is 4. The second-order valence-electron chi connectivity index (χ2n) is 7.43.